The molecule has 0 bridgehead atoms. The van der Waals surface area contributed by atoms with Gasteiger partial charge in [-0.05, 0) is 36.2 Å². The SMILES string of the molecule is O=C(O)c1ccc(CCC(=O)c2c(O)cccc2O[C@@H]2O[C@H](CO)[C@@H](O)[C@H](O)[C@H]2O)cc1. The van der Waals surface area contributed by atoms with E-state index in [-0.39, 0.29) is 35.5 Å². The lowest BCUT2D eigenvalue weighted by Crippen LogP contribution is -2.60. The van der Waals surface area contributed by atoms with Crippen LogP contribution in [0.25, 0.3) is 0 Å². The number of aromatic hydroxyl groups is 1. The summed E-state index contributed by atoms with van der Waals surface area (Å²) in [5.74, 6) is -2.01. The Labute approximate surface area is 182 Å². The number of benzene rings is 2. The third kappa shape index (κ3) is 5.06. The molecule has 0 amide bonds. The number of Topliss-reactive ketones (excluding diaryl/α,β-unsaturated/α-hetero) is 1. The summed E-state index contributed by atoms with van der Waals surface area (Å²) in [5, 5.41) is 58.5. The highest BCUT2D eigenvalue weighted by molar-refractivity contribution is 6.01. The predicted molar refractivity (Wildman–Crippen MR) is 109 cm³/mol. The van der Waals surface area contributed by atoms with Gasteiger partial charge in [-0.2, -0.15) is 0 Å². The van der Waals surface area contributed by atoms with Crippen LogP contribution in [0.1, 0.15) is 32.7 Å². The molecule has 2 aromatic rings. The van der Waals surface area contributed by atoms with Crippen LogP contribution in [0.15, 0.2) is 42.5 Å². The molecule has 0 radical (unpaired) electrons. The minimum Gasteiger partial charge on any atom is -0.507 e. The van der Waals surface area contributed by atoms with E-state index in [9.17, 15) is 35.1 Å². The summed E-state index contributed by atoms with van der Waals surface area (Å²) in [6, 6.07) is 10.1. The van der Waals surface area contributed by atoms with E-state index in [1.807, 2.05) is 0 Å². The number of hydrogen-bond donors (Lipinski definition) is 6. The number of ketones is 1. The largest absolute Gasteiger partial charge is 0.507 e. The second-order valence-electron chi connectivity index (χ2n) is 7.39. The van der Waals surface area contributed by atoms with Crippen LogP contribution < -0.4 is 4.74 Å². The second kappa shape index (κ2) is 10.1. The van der Waals surface area contributed by atoms with Crippen molar-refractivity contribution in [1.82, 2.24) is 0 Å². The first-order valence-corrected chi connectivity index (χ1v) is 9.87. The third-order valence-corrected chi connectivity index (χ3v) is 5.22. The molecule has 1 heterocycles. The van der Waals surface area contributed by atoms with E-state index < -0.39 is 49.1 Å². The maximum Gasteiger partial charge on any atom is 0.335 e. The van der Waals surface area contributed by atoms with E-state index in [0.717, 1.165) is 5.56 Å². The average Bonchev–Trinajstić information content (AvgIpc) is 2.78. The molecule has 10 heteroatoms. The van der Waals surface area contributed by atoms with Gasteiger partial charge in [0.15, 0.2) is 5.78 Å². The molecule has 172 valence electrons. The summed E-state index contributed by atoms with van der Waals surface area (Å²) >= 11 is 0. The van der Waals surface area contributed by atoms with Crippen LogP contribution in [0.4, 0.5) is 0 Å². The van der Waals surface area contributed by atoms with Crippen LogP contribution in [-0.4, -0.2) is 79.7 Å². The van der Waals surface area contributed by atoms with Gasteiger partial charge in [-0.15, -0.1) is 0 Å². The predicted octanol–water partition coefficient (Wildman–Crippen LogP) is 0.0846. The van der Waals surface area contributed by atoms with Crippen LogP contribution in [0.2, 0.25) is 0 Å². The van der Waals surface area contributed by atoms with Gasteiger partial charge < -0.3 is 40.1 Å². The highest BCUT2D eigenvalue weighted by Crippen LogP contribution is 2.32. The fourth-order valence-corrected chi connectivity index (χ4v) is 3.38. The summed E-state index contributed by atoms with van der Waals surface area (Å²) in [4.78, 5) is 23.8. The molecule has 0 unspecified atom stereocenters. The molecule has 1 saturated heterocycles. The number of ether oxygens (including phenoxy) is 2. The van der Waals surface area contributed by atoms with Crippen molar-refractivity contribution in [3.63, 3.8) is 0 Å². The van der Waals surface area contributed by atoms with Crippen molar-refractivity contribution in [3.8, 4) is 11.5 Å². The van der Waals surface area contributed by atoms with Gasteiger partial charge in [-0.3, -0.25) is 4.79 Å². The number of hydrogen-bond acceptors (Lipinski definition) is 9. The Balaban J connectivity index is 1.75. The minimum absolute atomic E-state index is 0.0327. The van der Waals surface area contributed by atoms with Gasteiger partial charge in [0, 0.05) is 6.42 Å². The van der Waals surface area contributed by atoms with Gasteiger partial charge in [0.25, 0.3) is 0 Å². The number of aliphatic hydroxyl groups is 4. The number of aliphatic hydroxyl groups excluding tert-OH is 4. The first-order chi connectivity index (χ1) is 15.2. The molecule has 0 aromatic heterocycles. The third-order valence-electron chi connectivity index (χ3n) is 5.22. The minimum atomic E-state index is -1.68. The summed E-state index contributed by atoms with van der Waals surface area (Å²) in [6.07, 6.45) is -7.36. The summed E-state index contributed by atoms with van der Waals surface area (Å²) in [7, 11) is 0. The lowest BCUT2D eigenvalue weighted by atomic mass is 9.99. The van der Waals surface area contributed by atoms with Gasteiger partial charge in [0.2, 0.25) is 6.29 Å². The van der Waals surface area contributed by atoms with Gasteiger partial charge in [0.1, 0.15) is 41.5 Å². The number of phenols is 1. The van der Waals surface area contributed by atoms with Crippen LogP contribution in [0.5, 0.6) is 11.5 Å². The zero-order valence-corrected chi connectivity index (χ0v) is 16.9. The zero-order chi connectivity index (χ0) is 23.4. The van der Waals surface area contributed by atoms with Crippen molar-refractivity contribution in [1.29, 1.82) is 0 Å². The van der Waals surface area contributed by atoms with E-state index in [1.54, 1.807) is 12.1 Å². The normalized spacial score (nSPS) is 25.3. The molecule has 6 N–H and O–H groups in total. The van der Waals surface area contributed by atoms with Crippen molar-refractivity contribution in [2.45, 2.75) is 43.5 Å². The molecule has 10 nitrogen and oxygen atoms in total. The van der Waals surface area contributed by atoms with Crippen molar-refractivity contribution in [2.24, 2.45) is 0 Å². The first-order valence-electron chi connectivity index (χ1n) is 9.87. The molecule has 0 spiro atoms. The number of aromatic carboxylic acids is 1. The zero-order valence-electron chi connectivity index (χ0n) is 16.9. The molecule has 2 aromatic carbocycles. The summed E-state index contributed by atoms with van der Waals surface area (Å²) in [6.45, 7) is -0.642. The number of carbonyl (C=O) groups is 2. The molecule has 0 saturated carbocycles. The fraction of sp³-hybridized carbons (Fsp3) is 0.364. The van der Waals surface area contributed by atoms with Gasteiger partial charge in [-0.25, -0.2) is 4.79 Å². The van der Waals surface area contributed by atoms with Gasteiger partial charge in [-0.1, -0.05) is 18.2 Å². The van der Waals surface area contributed by atoms with Crippen molar-refractivity contribution in [3.05, 3.63) is 59.2 Å². The number of carboxylic acids is 1. The lowest BCUT2D eigenvalue weighted by Gasteiger charge is -2.39. The fourth-order valence-electron chi connectivity index (χ4n) is 3.38. The molecule has 0 aliphatic carbocycles. The smallest absolute Gasteiger partial charge is 0.335 e. The Hall–Kier alpha value is -3.02. The number of rotatable bonds is 8. The molecule has 3 rings (SSSR count). The number of carbonyl (C=O) groups excluding carboxylic acids is 1. The van der Waals surface area contributed by atoms with Gasteiger partial charge >= 0.3 is 5.97 Å². The Morgan fingerprint density at radius 2 is 1.66 bits per heavy atom. The van der Waals surface area contributed by atoms with E-state index >= 15 is 0 Å². The van der Waals surface area contributed by atoms with E-state index in [1.165, 1.54) is 30.3 Å². The van der Waals surface area contributed by atoms with E-state index in [4.69, 9.17) is 14.6 Å². The molecule has 1 aliphatic heterocycles. The number of carboxylic acid groups (broad SMARTS) is 1. The maximum absolute atomic E-state index is 12.8. The Kier molecular flexibility index (Phi) is 7.44. The average molecular weight is 448 g/mol. The Morgan fingerprint density at radius 3 is 2.28 bits per heavy atom. The maximum atomic E-state index is 12.8. The Bertz CT molecular complexity index is 956. The van der Waals surface area contributed by atoms with Crippen molar-refractivity contribution in [2.75, 3.05) is 6.61 Å². The topological polar surface area (TPSA) is 174 Å². The molecule has 5 atom stereocenters. The van der Waals surface area contributed by atoms with E-state index in [0.29, 0.717) is 0 Å². The number of aryl methyl sites for hydroxylation is 1. The molecular formula is C22H24O10. The molecule has 1 fully saturated rings. The quantitative estimate of drug-likeness (QED) is 0.304. The molecule has 32 heavy (non-hydrogen) atoms. The highest BCUT2D eigenvalue weighted by atomic mass is 16.7. The van der Waals surface area contributed by atoms with Crippen LogP contribution >= 0.6 is 0 Å². The van der Waals surface area contributed by atoms with Crippen LogP contribution in [-0.2, 0) is 11.2 Å². The summed E-state index contributed by atoms with van der Waals surface area (Å²) < 4.78 is 10.8. The second-order valence-corrected chi connectivity index (χ2v) is 7.39. The molecular weight excluding hydrogens is 424 g/mol. The van der Waals surface area contributed by atoms with Crippen molar-refractivity contribution < 1.29 is 49.7 Å². The Morgan fingerprint density at radius 1 is 0.969 bits per heavy atom. The lowest BCUT2D eigenvalue weighted by molar-refractivity contribution is -0.277. The first kappa shape index (κ1) is 23.6. The van der Waals surface area contributed by atoms with Gasteiger partial charge in [0.05, 0.1) is 12.2 Å². The van der Waals surface area contributed by atoms with E-state index in [2.05, 4.69) is 0 Å². The molecule has 1 aliphatic rings. The monoisotopic (exact) mass is 448 g/mol. The standard InChI is InChI=1S/C22H24O10/c23-10-16-18(26)19(27)20(28)22(32-16)31-15-3-1-2-13(24)17(15)14(25)9-6-11-4-7-12(8-5-11)21(29)30/h1-5,7-8,16,18-20,22-24,26-28H,6,9-10H2,(H,29,30)/t16-,18-,19+,20-,22-/m1/s1. The number of phenolic OH excluding ortho intramolecular Hbond substituents is 1. The van der Waals surface area contributed by atoms with Crippen molar-refractivity contribution >= 4 is 11.8 Å². The summed E-state index contributed by atoms with van der Waals surface area (Å²) in [5.41, 5.74) is 0.679. The van der Waals surface area contributed by atoms with Crippen LogP contribution in [0.3, 0.4) is 0 Å². The highest BCUT2D eigenvalue weighted by Gasteiger charge is 2.45. The van der Waals surface area contributed by atoms with Crippen LogP contribution in [0, 0.1) is 0 Å².